The Kier molecular flexibility index (Phi) is 3.02. The number of nitrogens with one attached hydrogen (secondary N) is 1. The molecule has 0 fully saturated rings. The van der Waals surface area contributed by atoms with Gasteiger partial charge in [-0.15, -0.1) is 0 Å². The molecule has 5 rings (SSSR count). The number of nitrogens with zero attached hydrogens (tertiary/aromatic N) is 2. The van der Waals surface area contributed by atoms with E-state index >= 15 is 0 Å². The van der Waals surface area contributed by atoms with Crippen LogP contribution in [0.5, 0.6) is 0 Å². The van der Waals surface area contributed by atoms with Gasteiger partial charge in [-0.3, -0.25) is 4.99 Å². The average Bonchev–Trinajstić information content (AvgIpc) is 3.30. The minimum atomic E-state index is 0.336. The summed E-state index contributed by atoms with van der Waals surface area (Å²) in [6.45, 7) is 2.22. The molecular formula is C21H21N3. The molecule has 24 heavy (non-hydrogen) atoms. The predicted octanol–water partition coefficient (Wildman–Crippen LogP) is 4.85. The van der Waals surface area contributed by atoms with Gasteiger partial charge in [0.2, 0.25) is 0 Å². The highest BCUT2D eigenvalue weighted by atomic mass is 15.2. The maximum absolute atomic E-state index is 4.94. The van der Waals surface area contributed by atoms with Crippen LogP contribution in [0.2, 0.25) is 0 Å². The molecule has 120 valence electrons. The number of hydrogen-bond acceptors (Lipinski definition) is 2. The van der Waals surface area contributed by atoms with Crippen LogP contribution in [0, 0.1) is 0 Å². The molecule has 1 aromatic heterocycles. The van der Waals surface area contributed by atoms with E-state index in [1.54, 1.807) is 0 Å². The van der Waals surface area contributed by atoms with Crippen LogP contribution in [0.3, 0.4) is 0 Å². The Bertz CT molecular complexity index is 937. The van der Waals surface area contributed by atoms with Crippen molar-refractivity contribution < 1.29 is 0 Å². The number of fused-ring (bicyclic) bond motifs is 2. The first-order valence-corrected chi connectivity index (χ1v) is 8.81. The van der Waals surface area contributed by atoms with Gasteiger partial charge < -0.3 is 9.88 Å². The molecule has 0 bridgehead atoms. The molecule has 3 heterocycles. The van der Waals surface area contributed by atoms with Crippen molar-refractivity contribution in [2.75, 3.05) is 4.90 Å². The van der Waals surface area contributed by atoms with Crippen LogP contribution in [0.4, 0.5) is 5.69 Å². The maximum atomic E-state index is 4.94. The van der Waals surface area contributed by atoms with Crippen molar-refractivity contribution in [3.05, 3.63) is 65.9 Å². The van der Waals surface area contributed by atoms with Gasteiger partial charge in [0, 0.05) is 40.8 Å². The summed E-state index contributed by atoms with van der Waals surface area (Å²) in [6.07, 6.45) is 5.47. The van der Waals surface area contributed by atoms with Crippen molar-refractivity contribution in [2.45, 2.75) is 38.3 Å². The topological polar surface area (TPSA) is 31.4 Å². The maximum Gasteiger partial charge on any atom is 0.104 e. The quantitative estimate of drug-likeness (QED) is 0.683. The van der Waals surface area contributed by atoms with Crippen LogP contribution >= 0.6 is 0 Å². The lowest BCUT2D eigenvalue weighted by atomic mass is 10.0. The molecule has 0 saturated carbocycles. The summed E-state index contributed by atoms with van der Waals surface area (Å²) in [5, 5.41) is 1.33. The molecule has 3 aromatic rings. The lowest BCUT2D eigenvalue weighted by Crippen LogP contribution is -2.30. The van der Waals surface area contributed by atoms with Crippen molar-refractivity contribution >= 4 is 22.4 Å². The van der Waals surface area contributed by atoms with Crippen molar-refractivity contribution in [3.8, 4) is 0 Å². The van der Waals surface area contributed by atoms with Crippen LogP contribution in [0.15, 0.2) is 59.7 Å². The minimum Gasteiger partial charge on any atom is -0.361 e. The zero-order valence-corrected chi connectivity index (χ0v) is 13.9. The third-order valence-corrected chi connectivity index (χ3v) is 5.39. The summed E-state index contributed by atoms with van der Waals surface area (Å²) in [6, 6.07) is 18.2. The summed E-state index contributed by atoms with van der Waals surface area (Å²) in [5.41, 5.74) is 5.35. The van der Waals surface area contributed by atoms with Gasteiger partial charge >= 0.3 is 0 Å². The van der Waals surface area contributed by atoms with Crippen LogP contribution in [-0.4, -0.2) is 16.9 Å². The van der Waals surface area contributed by atoms with E-state index in [-0.39, 0.29) is 0 Å². The van der Waals surface area contributed by atoms with E-state index in [9.17, 15) is 0 Å². The fourth-order valence-corrected chi connectivity index (χ4v) is 4.23. The fourth-order valence-electron chi connectivity index (χ4n) is 4.23. The molecular weight excluding hydrogens is 294 g/mol. The second kappa shape index (κ2) is 5.23. The van der Waals surface area contributed by atoms with Crippen LogP contribution in [0.1, 0.15) is 36.9 Å². The molecule has 0 amide bonds. The minimum absolute atomic E-state index is 0.336. The summed E-state index contributed by atoms with van der Waals surface area (Å²) in [4.78, 5) is 10.9. The van der Waals surface area contributed by atoms with E-state index in [0.717, 1.165) is 19.3 Å². The van der Waals surface area contributed by atoms with Crippen molar-refractivity contribution in [3.63, 3.8) is 0 Å². The van der Waals surface area contributed by atoms with E-state index < -0.39 is 0 Å². The Labute approximate surface area is 142 Å². The number of aliphatic imine (C=N–C) groups is 1. The molecule has 0 spiro atoms. The summed E-state index contributed by atoms with van der Waals surface area (Å²) in [7, 11) is 0. The van der Waals surface area contributed by atoms with Gasteiger partial charge in [-0.2, -0.15) is 0 Å². The van der Waals surface area contributed by atoms with Crippen LogP contribution < -0.4 is 4.90 Å². The van der Waals surface area contributed by atoms with E-state index in [1.807, 2.05) is 0 Å². The van der Waals surface area contributed by atoms with Crippen molar-refractivity contribution in [2.24, 2.45) is 4.99 Å². The smallest absolute Gasteiger partial charge is 0.104 e. The summed E-state index contributed by atoms with van der Waals surface area (Å²) >= 11 is 0. The number of hydrogen-bond donors (Lipinski definition) is 1. The van der Waals surface area contributed by atoms with Gasteiger partial charge in [-0.25, -0.2) is 0 Å². The van der Waals surface area contributed by atoms with Gasteiger partial charge in [0.15, 0.2) is 0 Å². The number of benzene rings is 2. The first-order chi connectivity index (χ1) is 11.8. The van der Waals surface area contributed by atoms with Crippen molar-refractivity contribution in [1.29, 1.82) is 0 Å². The molecule has 2 aliphatic heterocycles. The molecule has 1 N–H and O–H groups in total. The number of rotatable bonds is 1. The monoisotopic (exact) mass is 315 g/mol. The number of anilines is 1. The number of H-pyrrole nitrogens is 1. The molecule has 2 atom stereocenters. The number of amidine groups is 1. The Morgan fingerprint density at radius 1 is 1.08 bits per heavy atom. The Morgan fingerprint density at radius 2 is 1.92 bits per heavy atom. The lowest BCUT2D eigenvalue weighted by molar-refractivity contribution is 0.738. The van der Waals surface area contributed by atoms with Gasteiger partial charge in [0.05, 0.1) is 6.04 Å². The normalized spacial score (nSPS) is 22.9. The zero-order valence-electron chi connectivity index (χ0n) is 13.9. The van der Waals surface area contributed by atoms with E-state index in [4.69, 9.17) is 4.99 Å². The predicted molar refractivity (Wildman–Crippen MR) is 99.8 cm³/mol. The zero-order chi connectivity index (χ0) is 16.1. The van der Waals surface area contributed by atoms with Crippen LogP contribution in [0.25, 0.3) is 10.9 Å². The standard InChI is InChI=1S/C21H21N3/c1-14-10-11-21(23-14)24-19-9-5-2-6-15(19)12-20(24)17-13-22-18-8-4-3-7-16(17)18/h2-9,13-14,20,22H,10-12H2,1H3. The third kappa shape index (κ3) is 2.01. The largest absolute Gasteiger partial charge is 0.361 e. The number of para-hydroxylation sites is 2. The average molecular weight is 315 g/mol. The third-order valence-electron chi connectivity index (χ3n) is 5.39. The SMILES string of the molecule is CC1CCC(N2c3ccccc3CC2c2c[nH]c3ccccc23)=N1. The van der Waals surface area contributed by atoms with E-state index in [0.29, 0.717) is 12.1 Å². The van der Waals surface area contributed by atoms with Crippen molar-refractivity contribution in [1.82, 2.24) is 4.98 Å². The van der Waals surface area contributed by atoms with E-state index in [1.165, 1.54) is 33.6 Å². The highest BCUT2D eigenvalue weighted by molar-refractivity contribution is 6.02. The van der Waals surface area contributed by atoms with Gasteiger partial charge in [0.1, 0.15) is 5.84 Å². The van der Waals surface area contributed by atoms with Gasteiger partial charge in [-0.05, 0) is 37.5 Å². The molecule has 3 nitrogen and oxygen atoms in total. The molecule has 0 aliphatic carbocycles. The second-order valence-electron chi connectivity index (χ2n) is 6.94. The van der Waals surface area contributed by atoms with Crippen LogP contribution in [-0.2, 0) is 6.42 Å². The number of aromatic amines is 1. The second-order valence-corrected chi connectivity index (χ2v) is 6.94. The summed E-state index contributed by atoms with van der Waals surface area (Å²) < 4.78 is 0. The Hall–Kier alpha value is -2.55. The first-order valence-electron chi connectivity index (χ1n) is 8.81. The highest BCUT2D eigenvalue weighted by Gasteiger charge is 2.35. The lowest BCUT2D eigenvalue weighted by Gasteiger charge is -2.27. The fraction of sp³-hybridized carbons (Fsp3) is 0.286. The van der Waals surface area contributed by atoms with Gasteiger partial charge in [0.25, 0.3) is 0 Å². The Morgan fingerprint density at radius 3 is 2.79 bits per heavy atom. The first kappa shape index (κ1) is 13.8. The molecule has 2 aliphatic rings. The van der Waals surface area contributed by atoms with Gasteiger partial charge in [-0.1, -0.05) is 36.4 Å². The summed E-state index contributed by atoms with van der Waals surface area (Å²) in [5.74, 6) is 1.25. The highest BCUT2D eigenvalue weighted by Crippen LogP contribution is 2.43. The molecule has 0 saturated heterocycles. The Balaban J connectivity index is 1.66. The molecule has 2 aromatic carbocycles. The molecule has 3 heteroatoms. The van der Waals surface area contributed by atoms with E-state index in [2.05, 4.69) is 71.5 Å². The molecule has 2 unspecified atom stereocenters. The molecule has 0 radical (unpaired) electrons. The number of aromatic nitrogens is 1.